The van der Waals surface area contributed by atoms with Gasteiger partial charge in [-0.15, -0.1) is 0 Å². The van der Waals surface area contributed by atoms with Crippen LogP contribution in [0.4, 0.5) is 5.69 Å². The summed E-state index contributed by atoms with van der Waals surface area (Å²) in [5.41, 5.74) is 3.93. The van der Waals surface area contributed by atoms with E-state index < -0.39 is 10.0 Å². The fourth-order valence-electron chi connectivity index (χ4n) is 6.34. The molecule has 3 aliphatic heterocycles. The fraction of sp³-hybridized carbons (Fsp3) is 0.370. The Bertz CT molecular complexity index is 1480. The number of hydrogen-bond donors (Lipinski definition) is 1. The Morgan fingerprint density at radius 3 is 2.71 bits per heavy atom. The summed E-state index contributed by atoms with van der Waals surface area (Å²) in [5.74, 6) is -0.343. The average molecular weight is 492 g/mol. The molecule has 0 bridgehead atoms. The van der Waals surface area contributed by atoms with E-state index in [0.29, 0.717) is 18.0 Å². The number of hydrogen-bond acceptors (Lipinski definition) is 5. The lowest BCUT2D eigenvalue weighted by Gasteiger charge is -2.52. The van der Waals surface area contributed by atoms with Crippen molar-refractivity contribution in [3.8, 4) is 0 Å². The summed E-state index contributed by atoms with van der Waals surface area (Å²) in [6.07, 6.45) is 4.97. The zero-order valence-corrected chi connectivity index (χ0v) is 20.8. The first-order chi connectivity index (χ1) is 16.8. The summed E-state index contributed by atoms with van der Waals surface area (Å²) in [6.45, 7) is 6.28. The molecule has 182 valence electrons. The Hall–Kier alpha value is -3.10. The van der Waals surface area contributed by atoms with Gasteiger partial charge in [0.25, 0.3) is 10.0 Å². The summed E-state index contributed by atoms with van der Waals surface area (Å²) >= 11 is 0. The summed E-state index contributed by atoms with van der Waals surface area (Å²) < 4.78 is 36.8. The van der Waals surface area contributed by atoms with E-state index >= 15 is 0 Å². The number of benzene rings is 2. The summed E-state index contributed by atoms with van der Waals surface area (Å²) in [7, 11) is -3.77. The number of ether oxygens (including phenoxy) is 1. The molecule has 3 aromatic rings. The maximum absolute atomic E-state index is 13.2. The molecule has 1 fully saturated rings. The van der Waals surface area contributed by atoms with Gasteiger partial charge in [0.05, 0.1) is 28.7 Å². The normalized spacial score (nSPS) is 23.5. The first kappa shape index (κ1) is 22.4. The van der Waals surface area contributed by atoms with Crippen molar-refractivity contribution in [1.29, 1.82) is 0 Å². The van der Waals surface area contributed by atoms with E-state index in [2.05, 4.69) is 22.6 Å². The van der Waals surface area contributed by atoms with Gasteiger partial charge < -0.3 is 9.30 Å². The summed E-state index contributed by atoms with van der Waals surface area (Å²) in [4.78, 5) is 15.9. The number of fused-ring (bicyclic) bond motifs is 3. The highest BCUT2D eigenvalue weighted by Crippen LogP contribution is 2.56. The molecule has 0 aliphatic carbocycles. The third-order valence-corrected chi connectivity index (χ3v) is 9.07. The van der Waals surface area contributed by atoms with Crippen LogP contribution in [0.25, 0.3) is 16.6 Å². The van der Waals surface area contributed by atoms with Crippen molar-refractivity contribution < 1.29 is 17.9 Å². The van der Waals surface area contributed by atoms with Gasteiger partial charge in [-0.3, -0.25) is 9.62 Å². The van der Waals surface area contributed by atoms with Gasteiger partial charge in [0.15, 0.2) is 0 Å². The fourth-order valence-corrected chi connectivity index (χ4v) is 7.43. The zero-order chi connectivity index (χ0) is 24.4. The number of piperidine rings is 1. The van der Waals surface area contributed by atoms with Crippen molar-refractivity contribution in [1.82, 2.24) is 9.47 Å². The van der Waals surface area contributed by atoms with Gasteiger partial charge in [0.1, 0.15) is 5.70 Å². The first-order valence-corrected chi connectivity index (χ1v) is 13.7. The van der Waals surface area contributed by atoms with E-state index in [1.165, 1.54) is 0 Å². The molecule has 0 saturated carbocycles. The molecule has 0 amide bonds. The highest BCUT2D eigenvalue weighted by atomic mass is 32.2. The third-order valence-electron chi connectivity index (χ3n) is 7.68. The number of aromatic nitrogens is 1. The number of carbonyl (C=O) groups excluding carboxylic acids is 1. The van der Waals surface area contributed by atoms with E-state index in [-0.39, 0.29) is 22.3 Å². The van der Waals surface area contributed by atoms with E-state index in [9.17, 15) is 13.2 Å². The van der Waals surface area contributed by atoms with Gasteiger partial charge >= 0.3 is 5.97 Å². The number of sulfonamides is 1. The molecule has 2 aromatic carbocycles. The molecule has 35 heavy (non-hydrogen) atoms. The molecule has 6 rings (SSSR count). The van der Waals surface area contributed by atoms with E-state index in [1.54, 1.807) is 30.3 Å². The van der Waals surface area contributed by atoms with Crippen LogP contribution < -0.4 is 4.72 Å². The van der Waals surface area contributed by atoms with Crippen LogP contribution in [0.5, 0.6) is 0 Å². The molecule has 1 aromatic heterocycles. The largest absolute Gasteiger partial charge is 0.461 e. The molecular formula is C27H29N3O4S. The van der Waals surface area contributed by atoms with Crippen LogP contribution in [0.3, 0.4) is 0 Å². The molecule has 4 heterocycles. The minimum atomic E-state index is -3.77. The maximum atomic E-state index is 13.2. The molecule has 3 aliphatic rings. The minimum Gasteiger partial charge on any atom is -0.461 e. The molecule has 7 nitrogen and oxygen atoms in total. The van der Waals surface area contributed by atoms with Crippen molar-refractivity contribution in [2.75, 3.05) is 24.4 Å². The second-order valence-electron chi connectivity index (χ2n) is 9.87. The molecule has 0 unspecified atom stereocenters. The van der Waals surface area contributed by atoms with Crippen LogP contribution in [0.2, 0.25) is 0 Å². The number of nitrogens with zero attached hydrogens (tertiary/aromatic N) is 2. The topological polar surface area (TPSA) is 80.6 Å². The van der Waals surface area contributed by atoms with E-state index in [1.807, 2.05) is 29.7 Å². The average Bonchev–Trinajstić information content (AvgIpc) is 3.19. The Morgan fingerprint density at radius 1 is 1.14 bits per heavy atom. The number of rotatable bonds is 5. The van der Waals surface area contributed by atoms with Crippen LogP contribution in [-0.2, 0) is 26.0 Å². The Kier molecular flexibility index (Phi) is 5.09. The van der Waals surface area contributed by atoms with Gasteiger partial charge in [0, 0.05) is 23.0 Å². The molecule has 0 radical (unpaired) electrons. The van der Waals surface area contributed by atoms with Crippen molar-refractivity contribution >= 4 is 38.3 Å². The second kappa shape index (κ2) is 7.96. The van der Waals surface area contributed by atoms with Gasteiger partial charge in [-0.2, -0.15) is 0 Å². The second-order valence-corrected chi connectivity index (χ2v) is 11.5. The molecular weight excluding hydrogens is 462 g/mol. The standard InChI is InChI=1S/C27H29N3O4S/c1-3-34-26(31)22-17-27(2)14-8-15-29-16-13-19-23-20(28-35(32,33)18-9-5-4-6-10-18)11-7-12-21(23)30(22)24(19)25(27)29/h4-7,9-12,17,25,28H,3,8,13-16H2,1-2H3/t25-,27+/m0/s1. The number of nitrogens with one attached hydrogen (secondary N) is 1. The molecule has 2 atom stereocenters. The smallest absolute Gasteiger partial charge is 0.354 e. The van der Waals surface area contributed by atoms with Crippen molar-refractivity contribution in [3.05, 3.63) is 65.9 Å². The number of anilines is 1. The third kappa shape index (κ3) is 3.34. The molecule has 0 spiro atoms. The molecule has 8 heteroatoms. The lowest BCUT2D eigenvalue weighted by molar-refractivity contribution is -0.136. The predicted molar refractivity (Wildman–Crippen MR) is 135 cm³/mol. The quantitative estimate of drug-likeness (QED) is 0.530. The number of carbonyl (C=O) groups is 1. The Labute approximate surface area is 205 Å². The Balaban J connectivity index is 1.59. The highest BCUT2D eigenvalue weighted by Gasteiger charge is 2.50. The highest BCUT2D eigenvalue weighted by molar-refractivity contribution is 7.92. The van der Waals surface area contributed by atoms with Crippen LogP contribution in [-0.4, -0.2) is 43.6 Å². The van der Waals surface area contributed by atoms with E-state index in [0.717, 1.165) is 54.5 Å². The van der Waals surface area contributed by atoms with Gasteiger partial charge in [-0.1, -0.05) is 31.2 Å². The monoisotopic (exact) mass is 491 g/mol. The summed E-state index contributed by atoms with van der Waals surface area (Å²) in [6, 6.07) is 14.2. The van der Waals surface area contributed by atoms with Crippen LogP contribution >= 0.6 is 0 Å². The lowest BCUT2D eigenvalue weighted by Crippen LogP contribution is -2.50. The van der Waals surface area contributed by atoms with Crippen molar-refractivity contribution in [3.63, 3.8) is 0 Å². The SMILES string of the molecule is CCOC(=O)C1=C[C@@]2(C)CCCN3CCc4c(n1c1cccc(NS(=O)(=O)c5ccccc5)c41)[C@H]32. The van der Waals surface area contributed by atoms with Crippen LogP contribution in [0.1, 0.15) is 44.0 Å². The predicted octanol–water partition coefficient (Wildman–Crippen LogP) is 4.56. The zero-order valence-electron chi connectivity index (χ0n) is 20.0. The van der Waals surface area contributed by atoms with Crippen molar-refractivity contribution in [2.24, 2.45) is 5.41 Å². The molecule has 1 saturated heterocycles. The lowest BCUT2D eigenvalue weighted by atomic mass is 9.69. The minimum absolute atomic E-state index is 0.143. The van der Waals surface area contributed by atoms with Crippen LogP contribution in [0, 0.1) is 5.41 Å². The van der Waals surface area contributed by atoms with Gasteiger partial charge in [0.2, 0.25) is 0 Å². The molecule has 1 N–H and O–H groups in total. The van der Waals surface area contributed by atoms with E-state index in [4.69, 9.17) is 4.74 Å². The van der Waals surface area contributed by atoms with Crippen LogP contribution in [0.15, 0.2) is 59.5 Å². The number of esters is 1. The Morgan fingerprint density at radius 2 is 1.94 bits per heavy atom. The van der Waals surface area contributed by atoms with Gasteiger partial charge in [-0.05, 0) is 68.6 Å². The van der Waals surface area contributed by atoms with Crippen molar-refractivity contribution in [2.45, 2.75) is 44.0 Å². The summed E-state index contributed by atoms with van der Waals surface area (Å²) in [5, 5.41) is 0.867. The maximum Gasteiger partial charge on any atom is 0.354 e. The van der Waals surface area contributed by atoms with Gasteiger partial charge in [-0.25, -0.2) is 13.2 Å². The first-order valence-electron chi connectivity index (χ1n) is 12.2.